The molecule has 1 heterocycles. The average molecular weight is 313 g/mol. The molecule has 2 N–H and O–H groups in total. The third-order valence-corrected chi connectivity index (χ3v) is 4.91. The summed E-state index contributed by atoms with van der Waals surface area (Å²) in [7, 11) is -3.84. The van der Waals surface area contributed by atoms with Crippen LogP contribution in [0.2, 0.25) is 0 Å². The summed E-state index contributed by atoms with van der Waals surface area (Å²) in [4.78, 5) is 11.2. The number of carbonyl (C=O) groups is 1. The Labute approximate surface area is 124 Å². The summed E-state index contributed by atoms with van der Waals surface area (Å²) in [5.74, 6) is -1.16. The van der Waals surface area contributed by atoms with Crippen molar-refractivity contribution in [2.75, 3.05) is 0 Å². The van der Waals surface area contributed by atoms with Gasteiger partial charge in [0.2, 0.25) is 10.0 Å². The van der Waals surface area contributed by atoms with Crippen LogP contribution in [0.25, 0.3) is 0 Å². The molecule has 1 aliphatic rings. The zero-order valence-electron chi connectivity index (χ0n) is 11.8. The van der Waals surface area contributed by atoms with Crippen LogP contribution in [0, 0.1) is 0 Å². The Morgan fingerprint density at radius 2 is 2.10 bits per heavy atom. The van der Waals surface area contributed by atoms with Gasteiger partial charge in [-0.1, -0.05) is 25.8 Å². The van der Waals surface area contributed by atoms with Crippen LogP contribution >= 0.6 is 0 Å². The Morgan fingerprint density at radius 3 is 2.76 bits per heavy atom. The Balaban J connectivity index is 2.18. The molecular weight excluding hydrogens is 294 g/mol. The Hall–Kier alpha value is -1.44. The first-order valence-corrected chi connectivity index (χ1v) is 8.37. The van der Waals surface area contributed by atoms with Crippen LogP contribution in [-0.4, -0.2) is 25.5 Å². The molecule has 1 aromatic carbocycles. The van der Waals surface area contributed by atoms with Crippen molar-refractivity contribution in [1.82, 2.24) is 4.72 Å². The van der Waals surface area contributed by atoms with Gasteiger partial charge in [0.15, 0.2) is 0 Å². The summed E-state index contributed by atoms with van der Waals surface area (Å²) >= 11 is 0. The molecule has 1 aliphatic heterocycles. The predicted molar refractivity (Wildman–Crippen MR) is 76.2 cm³/mol. The summed E-state index contributed by atoms with van der Waals surface area (Å²) in [5.41, 5.74) is 1.80. The molecule has 1 atom stereocenters. The van der Waals surface area contributed by atoms with Gasteiger partial charge in [-0.2, -0.15) is 4.72 Å². The van der Waals surface area contributed by atoms with Crippen molar-refractivity contribution in [3.05, 3.63) is 29.3 Å². The molecule has 0 amide bonds. The van der Waals surface area contributed by atoms with E-state index in [1.165, 1.54) is 6.07 Å². The molecule has 7 heteroatoms. The molecule has 0 saturated carbocycles. The van der Waals surface area contributed by atoms with E-state index in [4.69, 9.17) is 9.84 Å². The van der Waals surface area contributed by atoms with Crippen molar-refractivity contribution in [2.45, 2.75) is 50.3 Å². The second-order valence-electron chi connectivity index (χ2n) is 5.08. The van der Waals surface area contributed by atoms with Crippen LogP contribution in [0.15, 0.2) is 23.1 Å². The number of carboxylic acid groups (broad SMARTS) is 1. The lowest BCUT2D eigenvalue weighted by molar-refractivity contribution is -0.139. The highest BCUT2D eigenvalue weighted by Crippen LogP contribution is 2.23. The van der Waals surface area contributed by atoms with Gasteiger partial charge in [-0.05, 0) is 29.7 Å². The number of sulfonamides is 1. The lowest BCUT2D eigenvalue weighted by Gasteiger charge is -2.14. The van der Waals surface area contributed by atoms with E-state index in [1.54, 1.807) is 12.1 Å². The zero-order chi connectivity index (χ0) is 15.5. The molecule has 1 unspecified atom stereocenters. The van der Waals surface area contributed by atoms with Crippen LogP contribution < -0.4 is 4.72 Å². The summed E-state index contributed by atoms with van der Waals surface area (Å²) < 4.78 is 32.1. The molecule has 2 rings (SSSR count). The van der Waals surface area contributed by atoms with Crippen molar-refractivity contribution in [2.24, 2.45) is 0 Å². The van der Waals surface area contributed by atoms with Crippen molar-refractivity contribution >= 4 is 16.0 Å². The second-order valence-corrected chi connectivity index (χ2v) is 6.79. The smallest absolute Gasteiger partial charge is 0.321 e. The van der Waals surface area contributed by atoms with Gasteiger partial charge < -0.3 is 9.84 Å². The molecule has 0 radical (unpaired) electrons. The predicted octanol–water partition coefficient (Wildman–Crippen LogP) is 1.64. The number of ether oxygens (including phenoxy) is 1. The van der Waals surface area contributed by atoms with Crippen LogP contribution in [0.3, 0.4) is 0 Å². The van der Waals surface area contributed by atoms with Gasteiger partial charge in [0, 0.05) is 0 Å². The maximum atomic E-state index is 12.3. The zero-order valence-corrected chi connectivity index (χ0v) is 12.6. The number of hydrogen-bond acceptors (Lipinski definition) is 4. The lowest BCUT2D eigenvalue weighted by atomic mass is 10.1. The van der Waals surface area contributed by atoms with Gasteiger partial charge in [0.1, 0.15) is 6.04 Å². The summed E-state index contributed by atoms with van der Waals surface area (Å²) in [6, 6.07) is 3.64. The topological polar surface area (TPSA) is 92.7 Å². The van der Waals surface area contributed by atoms with Gasteiger partial charge in [-0.15, -0.1) is 0 Å². The van der Waals surface area contributed by atoms with Crippen molar-refractivity contribution < 1.29 is 23.1 Å². The minimum atomic E-state index is -3.84. The number of hydrogen-bond donors (Lipinski definition) is 2. The number of carboxylic acids is 1. The van der Waals surface area contributed by atoms with Crippen molar-refractivity contribution in [1.29, 1.82) is 0 Å². The molecule has 21 heavy (non-hydrogen) atoms. The van der Waals surface area contributed by atoms with E-state index in [1.807, 2.05) is 6.92 Å². The lowest BCUT2D eigenvalue weighted by Crippen LogP contribution is -2.40. The van der Waals surface area contributed by atoms with Crippen molar-refractivity contribution in [3.63, 3.8) is 0 Å². The van der Waals surface area contributed by atoms with Gasteiger partial charge in [0.05, 0.1) is 18.1 Å². The minimum Gasteiger partial charge on any atom is -0.480 e. The van der Waals surface area contributed by atoms with E-state index in [0.717, 1.165) is 17.5 Å². The number of aliphatic carboxylic acids is 1. The fraction of sp³-hybridized carbons (Fsp3) is 0.500. The first-order chi connectivity index (χ1) is 9.94. The fourth-order valence-electron chi connectivity index (χ4n) is 2.21. The second kappa shape index (κ2) is 6.55. The fourth-order valence-corrected chi connectivity index (χ4v) is 3.49. The van der Waals surface area contributed by atoms with Crippen LogP contribution in [0.5, 0.6) is 0 Å². The Morgan fingerprint density at radius 1 is 1.38 bits per heavy atom. The Kier molecular flexibility index (Phi) is 4.97. The number of fused-ring (bicyclic) bond motifs is 1. The van der Waals surface area contributed by atoms with Crippen LogP contribution in [0.4, 0.5) is 0 Å². The normalized spacial score (nSPS) is 15.7. The quantitative estimate of drug-likeness (QED) is 0.798. The monoisotopic (exact) mass is 313 g/mol. The number of nitrogens with one attached hydrogen (secondary N) is 1. The van der Waals surface area contributed by atoms with E-state index < -0.39 is 22.0 Å². The minimum absolute atomic E-state index is 0.0782. The standard InChI is InChI=1S/C14H19NO5S/c1-2-3-4-13(14(16)17)15-21(18,19)12-6-5-10-8-20-9-11(10)7-12/h5-7,13,15H,2-4,8-9H2,1H3,(H,16,17). The third kappa shape index (κ3) is 3.81. The molecule has 0 spiro atoms. The largest absolute Gasteiger partial charge is 0.480 e. The SMILES string of the molecule is CCCCC(NS(=O)(=O)c1ccc2c(c1)COC2)C(=O)O. The molecule has 0 aliphatic carbocycles. The van der Waals surface area contributed by atoms with Crippen LogP contribution in [-0.2, 0) is 32.8 Å². The van der Waals surface area contributed by atoms with E-state index in [2.05, 4.69) is 4.72 Å². The van der Waals surface area contributed by atoms with E-state index in [9.17, 15) is 13.2 Å². The maximum Gasteiger partial charge on any atom is 0.321 e. The summed E-state index contributed by atoms with van der Waals surface area (Å²) in [6.45, 7) is 2.79. The molecule has 116 valence electrons. The van der Waals surface area contributed by atoms with E-state index in [-0.39, 0.29) is 11.3 Å². The van der Waals surface area contributed by atoms with E-state index in [0.29, 0.717) is 19.6 Å². The maximum absolute atomic E-state index is 12.3. The van der Waals surface area contributed by atoms with Gasteiger partial charge in [-0.3, -0.25) is 4.79 Å². The highest BCUT2D eigenvalue weighted by molar-refractivity contribution is 7.89. The van der Waals surface area contributed by atoms with Gasteiger partial charge in [-0.25, -0.2) is 8.42 Å². The summed E-state index contributed by atoms with van der Waals surface area (Å²) in [6.07, 6.45) is 1.73. The molecule has 1 aromatic rings. The molecule has 0 fully saturated rings. The Bertz CT molecular complexity index is 626. The van der Waals surface area contributed by atoms with E-state index >= 15 is 0 Å². The van der Waals surface area contributed by atoms with Gasteiger partial charge >= 0.3 is 5.97 Å². The molecule has 6 nitrogen and oxygen atoms in total. The highest BCUT2D eigenvalue weighted by Gasteiger charge is 2.26. The van der Waals surface area contributed by atoms with Gasteiger partial charge in [0.25, 0.3) is 0 Å². The summed E-state index contributed by atoms with van der Waals surface area (Å²) in [5, 5.41) is 9.12. The molecule has 0 bridgehead atoms. The molecule has 0 saturated heterocycles. The highest BCUT2D eigenvalue weighted by atomic mass is 32.2. The first-order valence-electron chi connectivity index (χ1n) is 6.88. The third-order valence-electron chi connectivity index (χ3n) is 3.45. The number of rotatable bonds is 7. The molecule has 0 aromatic heterocycles. The van der Waals surface area contributed by atoms with Crippen molar-refractivity contribution in [3.8, 4) is 0 Å². The molecular formula is C14H19NO5S. The van der Waals surface area contributed by atoms with Crippen LogP contribution in [0.1, 0.15) is 37.3 Å². The average Bonchev–Trinajstić information content (AvgIpc) is 2.90. The number of unbranched alkanes of at least 4 members (excludes halogenated alkanes) is 1. The first kappa shape index (κ1) is 15.9. The number of benzene rings is 1.